The van der Waals surface area contributed by atoms with Crippen LogP contribution in [0.2, 0.25) is 0 Å². The van der Waals surface area contributed by atoms with Gasteiger partial charge in [0.2, 0.25) is 0 Å². The number of nitrogens with zero attached hydrogens (tertiary/aromatic N) is 5. The molecule has 0 N–H and O–H groups in total. The minimum atomic E-state index is -0.732. The Kier molecular flexibility index (Phi) is 19.7. The Morgan fingerprint density at radius 3 is 1.47 bits per heavy atom. The van der Waals surface area contributed by atoms with E-state index in [4.69, 9.17) is 28.6 Å². The SMILES string of the molecule is CCn1c2ccc(C(=N\OC(=O)CCCCC(=O)OC(C)COC)/C(=N/OC(=O)CCCCC(=O)OC(C)COC)c3ccc(Sc4ccc([N+](=O)[O-])cc4)cc3)cc2c2cc([N+](=O)[O-])ccc21. The van der Waals surface area contributed by atoms with Crippen molar-refractivity contribution < 1.29 is 57.6 Å². The summed E-state index contributed by atoms with van der Waals surface area (Å²) in [6.07, 6.45) is 0.276. The van der Waals surface area contributed by atoms with E-state index < -0.39 is 45.9 Å². The molecule has 5 aromatic rings. The van der Waals surface area contributed by atoms with Crippen molar-refractivity contribution in [3.8, 4) is 0 Å². The van der Waals surface area contributed by atoms with Crippen molar-refractivity contribution in [2.75, 3.05) is 27.4 Å². The van der Waals surface area contributed by atoms with Crippen molar-refractivity contribution in [3.05, 3.63) is 116 Å². The fourth-order valence-corrected chi connectivity index (χ4v) is 7.89. The quantitative estimate of drug-likeness (QED) is 0.0125. The zero-order valence-corrected chi connectivity index (χ0v) is 39.2. The molecule has 0 saturated heterocycles. The second kappa shape index (κ2) is 25.8. The predicted octanol–water partition coefficient (Wildman–Crippen LogP) is 9.25. The fraction of sp³-hybridized carbons (Fsp3) is 0.375. The number of fused-ring (bicyclic) bond motifs is 3. The molecule has 0 saturated carbocycles. The highest BCUT2D eigenvalue weighted by molar-refractivity contribution is 7.99. The van der Waals surface area contributed by atoms with Crippen molar-refractivity contribution in [1.29, 1.82) is 0 Å². The molecule has 5 rings (SSSR count). The van der Waals surface area contributed by atoms with Gasteiger partial charge < -0.3 is 33.2 Å². The lowest BCUT2D eigenvalue weighted by Crippen LogP contribution is -2.20. The Balaban J connectivity index is 1.51. The number of benzene rings is 4. The van der Waals surface area contributed by atoms with Gasteiger partial charge in [-0.3, -0.25) is 29.8 Å². The Bertz CT molecular complexity index is 2650. The number of hydrogen-bond donors (Lipinski definition) is 0. The lowest BCUT2D eigenvalue weighted by atomic mass is 9.98. The first-order chi connectivity index (χ1) is 32.7. The number of methoxy groups -OCH3 is 2. The lowest BCUT2D eigenvalue weighted by Gasteiger charge is -2.12. The Morgan fingerprint density at radius 1 is 0.588 bits per heavy atom. The van der Waals surface area contributed by atoms with Gasteiger partial charge in [0.25, 0.3) is 11.4 Å². The normalized spacial score (nSPS) is 12.7. The highest BCUT2D eigenvalue weighted by atomic mass is 32.2. The summed E-state index contributed by atoms with van der Waals surface area (Å²) in [6.45, 7) is 6.40. The topological polar surface area (TPSA) is 240 Å². The number of nitro groups is 2. The number of carbonyl (C=O) groups is 4. The molecule has 0 fully saturated rings. The van der Waals surface area contributed by atoms with Crippen LogP contribution in [0.5, 0.6) is 0 Å². The molecule has 1 aromatic heterocycles. The number of non-ortho nitro benzene ring substituents is 2. The van der Waals surface area contributed by atoms with Gasteiger partial charge in [0.15, 0.2) is 0 Å². The van der Waals surface area contributed by atoms with Crippen LogP contribution in [-0.4, -0.2) is 89.4 Å². The third-order valence-corrected chi connectivity index (χ3v) is 11.3. The smallest absolute Gasteiger partial charge is 0.335 e. The second-order valence-corrected chi connectivity index (χ2v) is 16.7. The fourth-order valence-electron chi connectivity index (χ4n) is 7.08. The molecule has 0 amide bonds. The first-order valence-electron chi connectivity index (χ1n) is 21.9. The first kappa shape index (κ1) is 51.9. The van der Waals surface area contributed by atoms with Crippen LogP contribution < -0.4 is 0 Å². The molecule has 0 radical (unpaired) electrons. The number of aromatic nitrogens is 1. The molecule has 2 atom stereocenters. The molecule has 0 aliphatic heterocycles. The second-order valence-electron chi connectivity index (χ2n) is 15.5. The van der Waals surface area contributed by atoms with Crippen molar-refractivity contribution >= 4 is 80.2 Å². The molecular formula is C48H53N5O14S. The van der Waals surface area contributed by atoms with Crippen LogP contribution >= 0.6 is 11.8 Å². The van der Waals surface area contributed by atoms with E-state index in [1.807, 2.05) is 11.5 Å². The summed E-state index contributed by atoms with van der Waals surface area (Å²) in [5, 5.41) is 32.9. The zero-order chi connectivity index (χ0) is 49.2. The van der Waals surface area contributed by atoms with E-state index in [0.29, 0.717) is 41.3 Å². The van der Waals surface area contributed by atoms with Crippen LogP contribution in [0.15, 0.2) is 105 Å². The standard InChI is InChI=1S/C48H53N5O14S/c1-6-51-41-25-17-34(27-39(41)40-28-36(53(60)61)20-26-42(40)51)48(50-67-46(57)14-10-8-12-44(55)65-32(3)30-63-5)47(49-66-45(56)13-9-7-11-43(54)64-31(2)29-62-4)33-15-21-37(22-16-33)68-38-23-18-35(19-24-38)52(58)59/h15-28,31-32H,6-14,29-30H2,1-5H3/b49-47+,50-48+. The number of ether oxygens (including phenoxy) is 4. The van der Waals surface area contributed by atoms with E-state index in [2.05, 4.69) is 10.3 Å². The monoisotopic (exact) mass is 955 g/mol. The highest BCUT2D eigenvalue weighted by Crippen LogP contribution is 2.34. The van der Waals surface area contributed by atoms with Crippen LogP contribution in [0, 0.1) is 20.2 Å². The third-order valence-electron chi connectivity index (χ3n) is 10.3. The van der Waals surface area contributed by atoms with Gasteiger partial charge in [-0.2, -0.15) is 0 Å². The number of hydrogen-bond acceptors (Lipinski definition) is 17. The van der Waals surface area contributed by atoms with E-state index in [0.717, 1.165) is 20.8 Å². The molecule has 0 aliphatic rings. The lowest BCUT2D eigenvalue weighted by molar-refractivity contribution is -0.385. The largest absolute Gasteiger partial charge is 0.460 e. The minimum absolute atomic E-state index is 0.0220. The van der Waals surface area contributed by atoms with Gasteiger partial charge in [-0.1, -0.05) is 40.3 Å². The Labute approximate surface area is 396 Å². The summed E-state index contributed by atoms with van der Waals surface area (Å²) in [6, 6.07) is 22.8. The van der Waals surface area contributed by atoms with Gasteiger partial charge in [0.1, 0.15) is 23.6 Å². The number of aryl methyl sites for hydroxylation is 1. The van der Waals surface area contributed by atoms with Gasteiger partial charge >= 0.3 is 23.9 Å². The molecule has 20 heteroatoms. The maximum Gasteiger partial charge on any atom is 0.335 e. The van der Waals surface area contributed by atoms with E-state index >= 15 is 0 Å². The maximum atomic E-state index is 13.3. The van der Waals surface area contributed by atoms with Gasteiger partial charge in [-0.25, -0.2) is 9.59 Å². The Morgan fingerprint density at radius 2 is 1.00 bits per heavy atom. The predicted molar refractivity (Wildman–Crippen MR) is 252 cm³/mol. The third kappa shape index (κ3) is 15.0. The molecule has 360 valence electrons. The van der Waals surface area contributed by atoms with E-state index in [1.165, 1.54) is 50.2 Å². The average molecular weight is 956 g/mol. The van der Waals surface area contributed by atoms with Crippen molar-refractivity contribution in [3.63, 3.8) is 0 Å². The molecule has 2 unspecified atom stereocenters. The summed E-state index contributed by atoms with van der Waals surface area (Å²) in [4.78, 5) is 85.7. The molecule has 0 bridgehead atoms. The number of nitro benzene ring substituents is 2. The Hall–Kier alpha value is -7.03. The van der Waals surface area contributed by atoms with Crippen LogP contribution in [0.3, 0.4) is 0 Å². The zero-order valence-electron chi connectivity index (χ0n) is 38.4. The number of unbranched alkanes of at least 4 members (excludes halogenated alkanes) is 2. The molecule has 0 spiro atoms. The van der Waals surface area contributed by atoms with Crippen molar-refractivity contribution in [1.82, 2.24) is 4.57 Å². The maximum absolute atomic E-state index is 13.3. The minimum Gasteiger partial charge on any atom is -0.460 e. The van der Waals surface area contributed by atoms with Crippen molar-refractivity contribution in [2.45, 2.75) is 101 Å². The molecule has 1 heterocycles. The number of oxime groups is 2. The van der Waals surface area contributed by atoms with Gasteiger partial charge in [0, 0.05) is 113 Å². The first-order valence-corrected chi connectivity index (χ1v) is 22.7. The van der Waals surface area contributed by atoms with Gasteiger partial charge in [-0.15, -0.1) is 0 Å². The van der Waals surface area contributed by atoms with Gasteiger partial charge in [0.05, 0.1) is 23.1 Å². The molecule has 4 aromatic carbocycles. The van der Waals surface area contributed by atoms with Crippen LogP contribution in [0.4, 0.5) is 11.4 Å². The molecular weight excluding hydrogens is 903 g/mol. The van der Waals surface area contributed by atoms with Crippen LogP contribution in [0.25, 0.3) is 21.8 Å². The summed E-state index contributed by atoms with van der Waals surface area (Å²) in [7, 11) is 3.00. The van der Waals surface area contributed by atoms with E-state index in [-0.39, 0.29) is 74.5 Å². The van der Waals surface area contributed by atoms with E-state index in [9.17, 15) is 39.4 Å². The summed E-state index contributed by atoms with van der Waals surface area (Å²) in [5.41, 5.74) is 2.01. The number of rotatable bonds is 26. The summed E-state index contributed by atoms with van der Waals surface area (Å²) < 4.78 is 22.6. The summed E-state index contributed by atoms with van der Waals surface area (Å²) >= 11 is 1.34. The van der Waals surface area contributed by atoms with Crippen LogP contribution in [0.1, 0.15) is 83.3 Å². The van der Waals surface area contributed by atoms with E-state index in [1.54, 1.807) is 74.5 Å². The van der Waals surface area contributed by atoms with Crippen LogP contribution in [-0.2, 0) is 54.3 Å². The average Bonchev–Trinajstić information content (AvgIpc) is 3.63. The molecule has 0 aliphatic carbocycles. The highest BCUT2D eigenvalue weighted by Gasteiger charge is 2.23. The molecule has 19 nitrogen and oxygen atoms in total. The number of carbonyl (C=O) groups excluding carboxylic acids is 4. The number of esters is 2. The van der Waals surface area contributed by atoms with Gasteiger partial charge in [-0.05, 0) is 88.9 Å². The van der Waals surface area contributed by atoms with Crippen molar-refractivity contribution in [2.24, 2.45) is 10.3 Å². The molecule has 68 heavy (non-hydrogen) atoms. The summed E-state index contributed by atoms with van der Waals surface area (Å²) in [5.74, 6) is -2.33.